The maximum absolute atomic E-state index is 7.64. The highest BCUT2D eigenvalue weighted by Crippen LogP contribution is 2.31. The molecule has 0 atom stereocenters. The number of pyridine rings is 1. The van der Waals surface area contributed by atoms with Gasteiger partial charge in [-0.15, -0.1) is 0 Å². The molecule has 4 heteroatoms. The molecular formula is C14H22N4. The van der Waals surface area contributed by atoms with E-state index in [1.807, 2.05) is 12.1 Å². The van der Waals surface area contributed by atoms with Gasteiger partial charge in [-0.2, -0.15) is 0 Å². The van der Waals surface area contributed by atoms with E-state index in [1.54, 1.807) is 6.20 Å². The molecule has 1 aliphatic heterocycles. The molecule has 0 spiro atoms. The lowest BCUT2D eigenvalue weighted by Gasteiger charge is -2.25. The molecule has 1 saturated heterocycles. The molecule has 4 nitrogen and oxygen atoms in total. The lowest BCUT2D eigenvalue weighted by atomic mass is 9.85. The second-order valence-corrected chi connectivity index (χ2v) is 5.79. The molecule has 1 aliphatic rings. The van der Waals surface area contributed by atoms with Crippen LogP contribution in [-0.2, 0) is 0 Å². The molecule has 18 heavy (non-hydrogen) atoms. The second kappa shape index (κ2) is 4.96. The zero-order valence-corrected chi connectivity index (χ0v) is 11.2. The topological polar surface area (TPSA) is 66.0 Å². The zero-order chi connectivity index (χ0) is 13.2. The van der Waals surface area contributed by atoms with Crippen LogP contribution >= 0.6 is 0 Å². The van der Waals surface area contributed by atoms with Crippen LogP contribution < -0.4 is 10.6 Å². The van der Waals surface area contributed by atoms with E-state index in [1.165, 1.54) is 12.8 Å². The van der Waals surface area contributed by atoms with Crippen molar-refractivity contribution in [2.75, 3.05) is 18.0 Å². The minimum absolute atomic E-state index is 0.0987. The Labute approximate surface area is 109 Å². The Morgan fingerprint density at radius 3 is 2.89 bits per heavy atom. The van der Waals surface area contributed by atoms with E-state index in [4.69, 9.17) is 11.1 Å². The van der Waals surface area contributed by atoms with Gasteiger partial charge in [0, 0.05) is 19.3 Å². The van der Waals surface area contributed by atoms with Crippen LogP contribution in [-0.4, -0.2) is 23.9 Å². The van der Waals surface area contributed by atoms with Gasteiger partial charge in [0.25, 0.3) is 0 Å². The van der Waals surface area contributed by atoms with Gasteiger partial charge in [0.05, 0.1) is 5.56 Å². The van der Waals surface area contributed by atoms with Crippen LogP contribution in [0.2, 0.25) is 0 Å². The van der Waals surface area contributed by atoms with E-state index >= 15 is 0 Å². The highest BCUT2D eigenvalue weighted by atomic mass is 15.2. The lowest BCUT2D eigenvalue weighted by molar-refractivity contribution is 0.325. The van der Waals surface area contributed by atoms with E-state index in [2.05, 4.69) is 23.7 Å². The predicted molar refractivity (Wildman–Crippen MR) is 75.1 cm³/mol. The third-order valence-corrected chi connectivity index (χ3v) is 3.72. The average Bonchev–Trinajstić information content (AvgIpc) is 2.50. The molecular weight excluding hydrogens is 224 g/mol. The van der Waals surface area contributed by atoms with Crippen LogP contribution in [0.4, 0.5) is 5.82 Å². The van der Waals surface area contributed by atoms with Crippen LogP contribution in [0.3, 0.4) is 0 Å². The predicted octanol–water partition coefficient (Wildman–Crippen LogP) is 2.38. The monoisotopic (exact) mass is 246 g/mol. The molecule has 0 saturated carbocycles. The van der Waals surface area contributed by atoms with E-state index in [0.29, 0.717) is 5.41 Å². The summed E-state index contributed by atoms with van der Waals surface area (Å²) in [7, 11) is 0. The Morgan fingerprint density at radius 2 is 2.17 bits per heavy atom. The first kappa shape index (κ1) is 12.9. The van der Waals surface area contributed by atoms with Gasteiger partial charge in [-0.05, 0) is 36.8 Å². The molecule has 2 rings (SSSR count). The summed E-state index contributed by atoms with van der Waals surface area (Å²) in [5.41, 5.74) is 6.78. The molecule has 98 valence electrons. The lowest BCUT2D eigenvalue weighted by Crippen LogP contribution is -2.29. The Morgan fingerprint density at radius 1 is 1.39 bits per heavy atom. The molecule has 1 aromatic heterocycles. The van der Waals surface area contributed by atoms with Crippen molar-refractivity contribution in [2.24, 2.45) is 11.1 Å². The van der Waals surface area contributed by atoms with Gasteiger partial charge in [0.1, 0.15) is 11.7 Å². The summed E-state index contributed by atoms with van der Waals surface area (Å²) >= 11 is 0. The minimum Gasteiger partial charge on any atom is -0.384 e. The minimum atomic E-state index is 0.0987. The molecule has 3 N–H and O–H groups in total. The summed E-state index contributed by atoms with van der Waals surface area (Å²) < 4.78 is 0. The van der Waals surface area contributed by atoms with Crippen molar-refractivity contribution >= 4 is 11.7 Å². The molecule has 1 aromatic rings. The summed E-state index contributed by atoms with van der Waals surface area (Å²) in [6.45, 7) is 6.63. The number of nitrogens with zero attached hydrogens (tertiary/aromatic N) is 2. The van der Waals surface area contributed by atoms with Crippen molar-refractivity contribution in [3.63, 3.8) is 0 Å². The van der Waals surface area contributed by atoms with Gasteiger partial charge in [0.2, 0.25) is 0 Å². The van der Waals surface area contributed by atoms with Crippen molar-refractivity contribution in [2.45, 2.75) is 33.1 Å². The fourth-order valence-corrected chi connectivity index (χ4v) is 2.49. The van der Waals surface area contributed by atoms with Crippen LogP contribution in [0.5, 0.6) is 0 Å². The van der Waals surface area contributed by atoms with E-state index in [9.17, 15) is 0 Å². The number of anilines is 1. The third-order valence-electron chi connectivity index (χ3n) is 3.72. The van der Waals surface area contributed by atoms with Gasteiger partial charge in [0.15, 0.2) is 0 Å². The quantitative estimate of drug-likeness (QED) is 0.622. The van der Waals surface area contributed by atoms with Gasteiger partial charge in [-0.3, -0.25) is 5.41 Å². The number of hydrogen-bond donors (Lipinski definition) is 2. The number of nitrogens with two attached hydrogens (primary N) is 1. The van der Waals surface area contributed by atoms with Gasteiger partial charge in [-0.1, -0.05) is 13.8 Å². The molecule has 0 bridgehead atoms. The van der Waals surface area contributed by atoms with Crippen molar-refractivity contribution in [1.29, 1.82) is 5.41 Å². The molecule has 0 aliphatic carbocycles. The summed E-state index contributed by atoms with van der Waals surface area (Å²) in [6.07, 6.45) is 5.34. The highest BCUT2D eigenvalue weighted by molar-refractivity contribution is 5.99. The molecule has 0 aromatic carbocycles. The SMILES string of the molecule is CC1(C)CCCN(c2ncccc2C(=N)N)CC1. The summed E-state index contributed by atoms with van der Waals surface area (Å²) in [5, 5.41) is 7.64. The first-order valence-electron chi connectivity index (χ1n) is 6.54. The van der Waals surface area contributed by atoms with Gasteiger partial charge >= 0.3 is 0 Å². The smallest absolute Gasteiger partial charge is 0.139 e. The summed E-state index contributed by atoms with van der Waals surface area (Å²) in [6, 6.07) is 3.71. The second-order valence-electron chi connectivity index (χ2n) is 5.79. The Hall–Kier alpha value is -1.58. The van der Waals surface area contributed by atoms with Crippen molar-refractivity contribution in [1.82, 2.24) is 4.98 Å². The zero-order valence-electron chi connectivity index (χ0n) is 11.2. The van der Waals surface area contributed by atoms with Crippen LogP contribution in [0, 0.1) is 10.8 Å². The van der Waals surface area contributed by atoms with Gasteiger partial charge in [-0.25, -0.2) is 4.98 Å². The maximum atomic E-state index is 7.64. The van der Waals surface area contributed by atoms with E-state index < -0.39 is 0 Å². The third kappa shape index (κ3) is 2.81. The van der Waals surface area contributed by atoms with Gasteiger partial charge < -0.3 is 10.6 Å². The molecule has 2 heterocycles. The number of hydrogen-bond acceptors (Lipinski definition) is 3. The van der Waals surface area contributed by atoms with Crippen LogP contribution in [0.15, 0.2) is 18.3 Å². The van der Waals surface area contributed by atoms with Crippen molar-refractivity contribution < 1.29 is 0 Å². The standard InChI is InChI=1S/C14H22N4/c1-14(2)6-4-9-18(10-7-14)13-11(12(15)16)5-3-8-17-13/h3,5,8H,4,6-7,9-10H2,1-2H3,(H3,15,16). The largest absolute Gasteiger partial charge is 0.384 e. The Bertz CT molecular complexity index is 439. The number of amidine groups is 1. The first-order valence-corrected chi connectivity index (χ1v) is 6.54. The van der Waals surface area contributed by atoms with Crippen molar-refractivity contribution in [3.8, 4) is 0 Å². The van der Waals surface area contributed by atoms with Crippen LogP contribution in [0.1, 0.15) is 38.7 Å². The maximum Gasteiger partial charge on any atom is 0.139 e. The summed E-state index contributed by atoms with van der Waals surface area (Å²) in [5.74, 6) is 0.962. The highest BCUT2D eigenvalue weighted by Gasteiger charge is 2.24. The van der Waals surface area contributed by atoms with Crippen molar-refractivity contribution in [3.05, 3.63) is 23.9 Å². The molecule has 0 radical (unpaired) electrons. The van der Waals surface area contributed by atoms with E-state index in [0.717, 1.165) is 30.9 Å². The fourth-order valence-electron chi connectivity index (χ4n) is 2.49. The molecule has 1 fully saturated rings. The number of nitrogen functional groups attached to an aromatic ring is 1. The Kier molecular flexibility index (Phi) is 3.55. The average molecular weight is 246 g/mol. The fraction of sp³-hybridized carbons (Fsp3) is 0.571. The van der Waals surface area contributed by atoms with Crippen LogP contribution in [0.25, 0.3) is 0 Å². The first-order chi connectivity index (χ1) is 8.49. The number of nitrogens with one attached hydrogen (secondary N) is 1. The number of rotatable bonds is 2. The molecule has 0 amide bonds. The molecule has 0 unspecified atom stereocenters. The Balaban J connectivity index is 2.24. The summed E-state index contributed by atoms with van der Waals surface area (Å²) in [4.78, 5) is 6.69. The normalized spacial score (nSPS) is 19.3. The van der Waals surface area contributed by atoms with E-state index in [-0.39, 0.29) is 5.84 Å². The number of aromatic nitrogens is 1.